The number of aryl methyl sites for hydroxylation is 2. The van der Waals surface area contributed by atoms with Crippen LogP contribution in [0.2, 0.25) is 0 Å². The highest BCUT2D eigenvalue weighted by molar-refractivity contribution is 5.59. The van der Waals surface area contributed by atoms with Gasteiger partial charge < -0.3 is 10.4 Å². The zero-order chi connectivity index (χ0) is 22.2. The van der Waals surface area contributed by atoms with E-state index in [4.69, 9.17) is 4.98 Å². The Labute approximate surface area is 191 Å². The molecule has 0 saturated carbocycles. The van der Waals surface area contributed by atoms with Crippen molar-refractivity contribution < 1.29 is 5.11 Å². The number of nitrogens with zero attached hydrogens (tertiary/aromatic N) is 3. The third-order valence-electron chi connectivity index (χ3n) is 6.26. The van der Waals surface area contributed by atoms with Gasteiger partial charge in [-0.1, -0.05) is 37.3 Å². The Morgan fingerprint density at radius 1 is 1.06 bits per heavy atom. The number of hydrogen-bond acceptors (Lipinski definition) is 5. The number of phenolic OH excluding ortho intramolecular Hbond substituents is 1. The summed E-state index contributed by atoms with van der Waals surface area (Å²) >= 11 is 0. The highest BCUT2D eigenvalue weighted by Crippen LogP contribution is 2.20. The molecule has 1 atom stereocenters. The SMILES string of the molecule is CCN(Cc1cccc(-c2ccnc(CCCc3ccc(O)cc3)n2)c1)C[C@@H]1CCNC1. The fraction of sp³-hybridized carbons (Fsp3) is 0.407. The Kier molecular flexibility index (Phi) is 7.86. The molecule has 1 aliphatic heterocycles. The van der Waals surface area contributed by atoms with Gasteiger partial charge in [0.25, 0.3) is 0 Å². The second-order valence-corrected chi connectivity index (χ2v) is 8.77. The maximum absolute atomic E-state index is 9.42. The molecular weight excluding hydrogens is 396 g/mol. The van der Waals surface area contributed by atoms with E-state index in [0.29, 0.717) is 5.75 Å². The number of nitrogens with one attached hydrogen (secondary N) is 1. The van der Waals surface area contributed by atoms with Crippen molar-refractivity contribution in [1.29, 1.82) is 0 Å². The Morgan fingerprint density at radius 2 is 1.94 bits per heavy atom. The van der Waals surface area contributed by atoms with Gasteiger partial charge in [-0.05, 0) is 80.2 Å². The molecule has 3 aromatic rings. The second kappa shape index (κ2) is 11.2. The second-order valence-electron chi connectivity index (χ2n) is 8.77. The maximum Gasteiger partial charge on any atom is 0.128 e. The van der Waals surface area contributed by atoms with E-state index in [2.05, 4.69) is 46.4 Å². The lowest BCUT2D eigenvalue weighted by Crippen LogP contribution is -2.30. The van der Waals surface area contributed by atoms with Crippen LogP contribution in [0, 0.1) is 5.92 Å². The molecule has 2 heterocycles. The third-order valence-corrected chi connectivity index (χ3v) is 6.26. The van der Waals surface area contributed by atoms with Gasteiger partial charge >= 0.3 is 0 Å². The molecule has 5 nitrogen and oxygen atoms in total. The Morgan fingerprint density at radius 3 is 2.72 bits per heavy atom. The molecule has 0 spiro atoms. The summed E-state index contributed by atoms with van der Waals surface area (Å²) in [6, 6.07) is 18.2. The number of rotatable bonds is 10. The van der Waals surface area contributed by atoms with Crippen LogP contribution in [0.1, 0.15) is 36.7 Å². The lowest BCUT2D eigenvalue weighted by Gasteiger charge is -2.24. The largest absolute Gasteiger partial charge is 0.508 e. The van der Waals surface area contributed by atoms with Crippen LogP contribution in [0.15, 0.2) is 60.8 Å². The lowest BCUT2D eigenvalue weighted by molar-refractivity contribution is 0.240. The Bertz CT molecular complexity index is 983. The van der Waals surface area contributed by atoms with E-state index in [9.17, 15) is 5.11 Å². The molecule has 0 radical (unpaired) electrons. The minimum Gasteiger partial charge on any atom is -0.508 e. The van der Waals surface area contributed by atoms with Crippen molar-refractivity contribution in [3.8, 4) is 17.0 Å². The van der Waals surface area contributed by atoms with Crippen molar-refractivity contribution in [1.82, 2.24) is 20.2 Å². The first-order valence-electron chi connectivity index (χ1n) is 11.8. The average molecular weight is 431 g/mol. The zero-order valence-electron chi connectivity index (χ0n) is 19.0. The van der Waals surface area contributed by atoms with Crippen LogP contribution in [0.4, 0.5) is 0 Å². The van der Waals surface area contributed by atoms with Crippen molar-refractivity contribution >= 4 is 0 Å². The van der Waals surface area contributed by atoms with Crippen LogP contribution in [0.5, 0.6) is 5.75 Å². The van der Waals surface area contributed by atoms with Gasteiger partial charge in [-0.2, -0.15) is 0 Å². The average Bonchev–Trinajstić information content (AvgIpc) is 3.33. The van der Waals surface area contributed by atoms with Gasteiger partial charge in [0.15, 0.2) is 0 Å². The minimum atomic E-state index is 0.310. The fourth-order valence-corrected chi connectivity index (χ4v) is 4.42. The Hall–Kier alpha value is -2.76. The minimum absolute atomic E-state index is 0.310. The van der Waals surface area contributed by atoms with Crippen LogP contribution < -0.4 is 5.32 Å². The van der Waals surface area contributed by atoms with Gasteiger partial charge in [0.2, 0.25) is 0 Å². The lowest BCUT2D eigenvalue weighted by atomic mass is 10.1. The third kappa shape index (κ3) is 6.38. The van der Waals surface area contributed by atoms with E-state index in [0.717, 1.165) is 75.0 Å². The summed E-state index contributed by atoms with van der Waals surface area (Å²) < 4.78 is 0. The summed E-state index contributed by atoms with van der Waals surface area (Å²) in [5.74, 6) is 1.96. The van der Waals surface area contributed by atoms with Crippen LogP contribution in [-0.2, 0) is 19.4 Å². The van der Waals surface area contributed by atoms with E-state index in [1.54, 1.807) is 12.1 Å². The maximum atomic E-state index is 9.42. The zero-order valence-corrected chi connectivity index (χ0v) is 19.0. The van der Waals surface area contributed by atoms with Crippen LogP contribution >= 0.6 is 0 Å². The monoisotopic (exact) mass is 430 g/mol. The summed E-state index contributed by atoms with van der Waals surface area (Å²) in [5, 5.41) is 12.9. The smallest absolute Gasteiger partial charge is 0.128 e. The normalized spacial score (nSPS) is 16.0. The van der Waals surface area contributed by atoms with E-state index in [1.165, 1.54) is 17.5 Å². The molecule has 4 rings (SSSR count). The van der Waals surface area contributed by atoms with Gasteiger partial charge in [0, 0.05) is 31.3 Å². The van der Waals surface area contributed by atoms with E-state index >= 15 is 0 Å². The molecule has 32 heavy (non-hydrogen) atoms. The van der Waals surface area contributed by atoms with Gasteiger partial charge in [-0.3, -0.25) is 4.90 Å². The van der Waals surface area contributed by atoms with Crippen LogP contribution in [0.3, 0.4) is 0 Å². The Balaban J connectivity index is 1.37. The summed E-state index contributed by atoms with van der Waals surface area (Å²) in [6.45, 7) is 7.76. The summed E-state index contributed by atoms with van der Waals surface area (Å²) in [6.07, 6.45) is 5.93. The molecule has 0 amide bonds. The van der Waals surface area contributed by atoms with Gasteiger partial charge in [0.1, 0.15) is 11.6 Å². The number of aromatic hydroxyl groups is 1. The molecule has 1 aliphatic rings. The molecule has 0 bridgehead atoms. The molecule has 2 aromatic carbocycles. The predicted octanol–water partition coefficient (Wildman–Crippen LogP) is 4.46. The van der Waals surface area contributed by atoms with Gasteiger partial charge in [-0.15, -0.1) is 0 Å². The van der Waals surface area contributed by atoms with E-state index in [1.807, 2.05) is 24.4 Å². The topological polar surface area (TPSA) is 61.3 Å². The summed E-state index contributed by atoms with van der Waals surface area (Å²) in [7, 11) is 0. The highest BCUT2D eigenvalue weighted by Gasteiger charge is 2.17. The standard InChI is InChI=1S/C27H34N4O/c1-2-31(20-23-13-15-28-18-23)19-22-6-3-7-24(17-22)26-14-16-29-27(30-26)8-4-5-21-9-11-25(32)12-10-21/h3,6-7,9-12,14,16-17,23,28,32H,2,4-5,8,13,15,18-20H2,1H3/t23-/m1/s1. The first kappa shape index (κ1) is 22.4. The van der Waals surface area contributed by atoms with Crippen molar-refractivity contribution in [3.05, 3.63) is 77.7 Å². The van der Waals surface area contributed by atoms with Gasteiger partial charge in [-0.25, -0.2) is 9.97 Å². The fourth-order valence-electron chi connectivity index (χ4n) is 4.42. The first-order chi connectivity index (χ1) is 15.7. The quantitative estimate of drug-likeness (QED) is 0.497. The number of aromatic nitrogens is 2. The van der Waals surface area contributed by atoms with Crippen molar-refractivity contribution in [2.45, 2.75) is 39.2 Å². The predicted molar refractivity (Wildman–Crippen MR) is 130 cm³/mol. The molecule has 0 aliphatic carbocycles. The molecule has 1 saturated heterocycles. The highest BCUT2D eigenvalue weighted by atomic mass is 16.3. The first-order valence-corrected chi connectivity index (χ1v) is 11.8. The van der Waals surface area contributed by atoms with Gasteiger partial charge in [0.05, 0.1) is 5.69 Å². The number of benzene rings is 2. The number of hydrogen-bond donors (Lipinski definition) is 2. The van der Waals surface area contributed by atoms with Crippen molar-refractivity contribution in [2.75, 3.05) is 26.2 Å². The molecule has 168 valence electrons. The van der Waals surface area contributed by atoms with Crippen molar-refractivity contribution in [3.63, 3.8) is 0 Å². The van der Waals surface area contributed by atoms with Crippen LogP contribution in [-0.4, -0.2) is 46.2 Å². The van der Waals surface area contributed by atoms with E-state index in [-0.39, 0.29) is 0 Å². The summed E-state index contributed by atoms with van der Waals surface area (Å²) in [4.78, 5) is 11.9. The summed E-state index contributed by atoms with van der Waals surface area (Å²) in [5.41, 5.74) is 4.70. The molecule has 1 aromatic heterocycles. The van der Waals surface area contributed by atoms with Crippen molar-refractivity contribution in [2.24, 2.45) is 5.92 Å². The molecule has 1 fully saturated rings. The van der Waals surface area contributed by atoms with Crippen LogP contribution in [0.25, 0.3) is 11.3 Å². The molecule has 5 heteroatoms. The molecule has 0 unspecified atom stereocenters. The van der Waals surface area contributed by atoms with E-state index < -0.39 is 0 Å². The number of phenols is 1. The molecular formula is C27H34N4O. The molecule has 2 N–H and O–H groups in total.